The van der Waals surface area contributed by atoms with E-state index in [1.165, 1.54) is 0 Å². The molecule has 0 radical (unpaired) electrons. The van der Waals surface area contributed by atoms with Crippen LogP contribution in [0.15, 0.2) is 67.1 Å². The Hall–Kier alpha value is -3.92. The number of hydrogen-bond acceptors (Lipinski definition) is 4. The first-order valence-corrected chi connectivity index (χ1v) is 10.4. The first-order chi connectivity index (χ1) is 16.0. The van der Waals surface area contributed by atoms with Crippen molar-refractivity contribution in [2.45, 2.75) is 25.6 Å². The van der Waals surface area contributed by atoms with Gasteiger partial charge < -0.3 is 15.7 Å². The highest BCUT2D eigenvalue weighted by atomic mass is 19.4. The molecule has 0 unspecified atom stereocenters. The fourth-order valence-corrected chi connectivity index (χ4v) is 3.43. The number of aliphatic hydroxyl groups is 1. The van der Waals surface area contributed by atoms with Gasteiger partial charge in [0.05, 0.1) is 17.6 Å². The molecule has 0 fully saturated rings. The molecule has 1 aromatic carbocycles. The second kappa shape index (κ2) is 8.79. The van der Waals surface area contributed by atoms with Crippen molar-refractivity contribution >= 4 is 17.4 Å². The van der Waals surface area contributed by atoms with E-state index in [1.54, 1.807) is 49.8 Å². The van der Waals surface area contributed by atoms with Crippen LogP contribution in [0.3, 0.4) is 0 Å². The lowest BCUT2D eigenvalue weighted by atomic mass is 10.0. The van der Waals surface area contributed by atoms with Gasteiger partial charge in [0.1, 0.15) is 17.8 Å². The Morgan fingerprint density at radius 2 is 1.79 bits per heavy atom. The third kappa shape index (κ3) is 5.34. The van der Waals surface area contributed by atoms with E-state index < -0.39 is 24.4 Å². The van der Waals surface area contributed by atoms with E-state index >= 15 is 0 Å². The summed E-state index contributed by atoms with van der Waals surface area (Å²) >= 11 is 0. The van der Waals surface area contributed by atoms with Gasteiger partial charge in [-0.1, -0.05) is 12.1 Å². The van der Waals surface area contributed by atoms with Gasteiger partial charge in [0, 0.05) is 23.6 Å². The molecule has 10 heteroatoms. The minimum Gasteiger partial charge on any atom is -0.384 e. The number of hydrogen-bond donors (Lipinski definition) is 3. The quantitative estimate of drug-likeness (QED) is 0.385. The molecule has 4 rings (SSSR count). The van der Waals surface area contributed by atoms with E-state index in [4.69, 9.17) is 0 Å². The highest BCUT2D eigenvalue weighted by molar-refractivity contribution is 5.90. The minimum atomic E-state index is -4.49. The Bertz CT molecular complexity index is 1340. The molecule has 7 nitrogen and oxygen atoms in total. The second-order valence-electron chi connectivity index (χ2n) is 8.28. The smallest absolute Gasteiger partial charge is 0.384 e. The van der Waals surface area contributed by atoms with Crippen LogP contribution in [-0.4, -0.2) is 38.2 Å². The number of halogens is 3. The summed E-state index contributed by atoms with van der Waals surface area (Å²) in [7, 11) is 0. The number of rotatable bonds is 5. The SMILES string of the molecule is CC(C)(O)c1cc(-c2ccn3c(-c4cccc(NC(=O)NCC(F)(F)F)c4)cnc3c2)ccn1. The van der Waals surface area contributed by atoms with Crippen LogP contribution in [0.1, 0.15) is 19.5 Å². The number of anilines is 1. The van der Waals surface area contributed by atoms with Crippen LogP contribution in [0.2, 0.25) is 0 Å². The largest absolute Gasteiger partial charge is 0.405 e. The maximum Gasteiger partial charge on any atom is 0.405 e. The van der Waals surface area contributed by atoms with E-state index in [0.717, 1.165) is 22.4 Å². The van der Waals surface area contributed by atoms with E-state index in [0.29, 0.717) is 17.0 Å². The van der Waals surface area contributed by atoms with Gasteiger partial charge in [-0.3, -0.25) is 9.38 Å². The predicted molar refractivity (Wildman–Crippen MR) is 122 cm³/mol. The molecule has 0 bridgehead atoms. The molecule has 0 aliphatic carbocycles. The molecule has 2 amide bonds. The van der Waals surface area contributed by atoms with Gasteiger partial charge in [-0.05, 0) is 61.4 Å². The van der Waals surface area contributed by atoms with Crippen LogP contribution in [0.4, 0.5) is 23.7 Å². The van der Waals surface area contributed by atoms with E-state index in [-0.39, 0.29) is 0 Å². The number of aromatic nitrogens is 3. The molecular weight excluding hydrogens is 447 g/mol. The van der Waals surface area contributed by atoms with Crippen molar-refractivity contribution in [2.75, 3.05) is 11.9 Å². The highest BCUT2D eigenvalue weighted by Crippen LogP contribution is 2.28. The third-order valence-corrected chi connectivity index (χ3v) is 5.10. The van der Waals surface area contributed by atoms with E-state index in [1.807, 2.05) is 40.9 Å². The van der Waals surface area contributed by atoms with Gasteiger partial charge >= 0.3 is 12.2 Å². The number of benzene rings is 1. The molecule has 176 valence electrons. The number of nitrogens with one attached hydrogen (secondary N) is 2. The Morgan fingerprint density at radius 1 is 1.03 bits per heavy atom. The lowest BCUT2D eigenvalue weighted by molar-refractivity contribution is -0.122. The summed E-state index contributed by atoms with van der Waals surface area (Å²) in [5.41, 5.74) is 3.76. The monoisotopic (exact) mass is 469 g/mol. The Balaban J connectivity index is 1.59. The number of fused-ring (bicyclic) bond motifs is 1. The molecule has 34 heavy (non-hydrogen) atoms. The number of amides is 2. The van der Waals surface area contributed by atoms with E-state index in [9.17, 15) is 23.1 Å². The first kappa shape index (κ1) is 23.2. The molecule has 0 aliphatic rings. The van der Waals surface area contributed by atoms with Crippen molar-refractivity contribution in [2.24, 2.45) is 0 Å². The second-order valence-corrected chi connectivity index (χ2v) is 8.28. The Labute approximate surface area is 193 Å². The van der Waals surface area contributed by atoms with Crippen LogP contribution >= 0.6 is 0 Å². The first-order valence-electron chi connectivity index (χ1n) is 10.4. The van der Waals surface area contributed by atoms with Crippen LogP contribution in [0.5, 0.6) is 0 Å². The van der Waals surface area contributed by atoms with Gasteiger partial charge in [-0.2, -0.15) is 13.2 Å². The van der Waals surface area contributed by atoms with Gasteiger partial charge in [0.15, 0.2) is 0 Å². The number of pyridine rings is 2. The zero-order valence-electron chi connectivity index (χ0n) is 18.4. The fourth-order valence-electron chi connectivity index (χ4n) is 3.43. The average molecular weight is 469 g/mol. The summed E-state index contributed by atoms with van der Waals surface area (Å²) < 4.78 is 38.8. The lowest BCUT2D eigenvalue weighted by Crippen LogP contribution is -2.36. The summed E-state index contributed by atoms with van der Waals surface area (Å²) in [6.07, 6.45) is 0.692. The third-order valence-electron chi connectivity index (χ3n) is 5.10. The van der Waals surface area contributed by atoms with Crippen LogP contribution < -0.4 is 10.6 Å². The topological polar surface area (TPSA) is 91.5 Å². The van der Waals surface area contributed by atoms with Crippen molar-refractivity contribution in [3.8, 4) is 22.4 Å². The summed E-state index contributed by atoms with van der Waals surface area (Å²) in [5, 5.41) is 14.4. The molecule has 3 heterocycles. The zero-order valence-corrected chi connectivity index (χ0v) is 18.4. The van der Waals surface area contributed by atoms with Crippen molar-refractivity contribution in [1.82, 2.24) is 19.7 Å². The maximum absolute atomic E-state index is 12.3. The molecule has 0 aliphatic heterocycles. The molecular formula is C24H22F3N5O2. The number of carbonyl (C=O) groups excluding carboxylic acids is 1. The number of nitrogens with zero attached hydrogens (tertiary/aromatic N) is 3. The van der Waals surface area contributed by atoms with Crippen molar-refractivity contribution in [3.05, 3.63) is 72.8 Å². The van der Waals surface area contributed by atoms with Crippen LogP contribution in [0.25, 0.3) is 28.0 Å². The number of alkyl halides is 3. The molecule has 3 aromatic heterocycles. The molecule has 4 aromatic rings. The van der Waals surface area contributed by atoms with Crippen molar-refractivity contribution < 1.29 is 23.1 Å². The Morgan fingerprint density at radius 3 is 2.53 bits per heavy atom. The van der Waals surface area contributed by atoms with Crippen LogP contribution in [0, 0.1) is 0 Å². The molecule has 0 spiro atoms. The molecule has 0 atom stereocenters. The standard InChI is InChI=1S/C24H22F3N5O2/c1-23(2,34)20-11-15(6-8-28-20)16-7-9-32-19(13-29-21(32)12-16)17-4-3-5-18(10-17)31-22(33)30-14-24(25,26)27/h3-13,34H,14H2,1-2H3,(H2,30,31,33). The van der Waals surface area contributed by atoms with Gasteiger partial charge in [-0.15, -0.1) is 0 Å². The maximum atomic E-state index is 12.3. The normalized spacial score (nSPS) is 12.1. The van der Waals surface area contributed by atoms with E-state index in [2.05, 4.69) is 15.3 Å². The summed E-state index contributed by atoms with van der Waals surface area (Å²) in [5.74, 6) is 0. The molecule has 0 saturated carbocycles. The lowest BCUT2D eigenvalue weighted by Gasteiger charge is -2.17. The number of urea groups is 1. The average Bonchev–Trinajstić information content (AvgIpc) is 3.20. The van der Waals surface area contributed by atoms with Gasteiger partial charge in [0.25, 0.3) is 0 Å². The molecule has 0 saturated heterocycles. The molecule has 3 N–H and O–H groups in total. The number of carbonyl (C=O) groups is 1. The predicted octanol–water partition coefficient (Wildman–Crippen LogP) is 4.97. The Kier molecular flexibility index (Phi) is 6.01. The fraction of sp³-hybridized carbons (Fsp3) is 0.208. The van der Waals surface area contributed by atoms with Gasteiger partial charge in [0.2, 0.25) is 0 Å². The van der Waals surface area contributed by atoms with Crippen molar-refractivity contribution in [3.63, 3.8) is 0 Å². The van der Waals surface area contributed by atoms with Crippen molar-refractivity contribution in [1.29, 1.82) is 0 Å². The van der Waals surface area contributed by atoms with Gasteiger partial charge in [-0.25, -0.2) is 9.78 Å². The summed E-state index contributed by atoms with van der Waals surface area (Å²) in [6, 6.07) is 13.3. The summed E-state index contributed by atoms with van der Waals surface area (Å²) in [6.45, 7) is 1.93. The minimum absolute atomic E-state index is 0.347. The number of imidazole rings is 1. The zero-order chi connectivity index (χ0) is 24.5. The highest BCUT2D eigenvalue weighted by Gasteiger charge is 2.27. The summed E-state index contributed by atoms with van der Waals surface area (Å²) in [4.78, 5) is 20.5. The van der Waals surface area contributed by atoms with Crippen LogP contribution in [-0.2, 0) is 5.60 Å².